The number of carbonyl (C=O) groups is 2. The molecule has 104 valence electrons. The third kappa shape index (κ3) is 5.89. The van der Waals surface area contributed by atoms with Gasteiger partial charge in [-0.25, -0.2) is 4.79 Å². The van der Waals surface area contributed by atoms with Gasteiger partial charge in [-0.2, -0.15) is 0 Å². The van der Waals surface area contributed by atoms with Gasteiger partial charge >= 0.3 is 6.09 Å². The number of nitrogens with one attached hydrogen (secondary N) is 1. The summed E-state index contributed by atoms with van der Waals surface area (Å²) in [5.41, 5.74) is -0.532. The molecule has 0 spiro atoms. The van der Waals surface area contributed by atoms with Gasteiger partial charge in [0, 0.05) is 13.1 Å². The van der Waals surface area contributed by atoms with E-state index in [0.717, 1.165) is 25.9 Å². The van der Waals surface area contributed by atoms with Gasteiger partial charge in [-0.05, 0) is 33.6 Å². The minimum atomic E-state index is -0.536. The van der Waals surface area contributed by atoms with Crippen molar-refractivity contribution in [2.45, 2.75) is 52.1 Å². The zero-order valence-electron chi connectivity index (χ0n) is 11.6. The van der Waals surface area contributed by atoms with Crippen molar-refractivity contribution in [1.82, 2.24) is 10.2 Å². The summed E-state index contributed by atoms with van der Waals surface area (Å²) in [6.45, 7) is 7.01. The van der Waals surface area contributed by atoms with E-state index < -0.39 is 11.7 Å². The normalized spacial score (nSPS) is 16.9. The molecule has 0 aliphatic carbocycles. The number of hydrogen-bond acceptors (Lipinski definition) is 3. The third-order valence-electron chi connectivity index (χ3n) is 2.74. The quantitative estimate of drug-likeness (QED) is 0.821. The van der Waals surface area contributed by atoms with Gasteiger partial charge in [-0.3, -0.25) is 4.79 Å². The Hall–Kier alpha value is -1.26. The first kappa shape index (κ1) is 14.8. The van der Waals surface area contributed by atoms with Crippen LogP contribution in [0.15, 0.2) is 0 Å². The van der Waals surface area contributed by atoms with Crippen LogP contribution in [0.2, 0.25) is 0 Å². The van der Waals surface area contributed by atoms with Gasteiger partial charge in [0.25, 0.3) is 0 Å². The first-order valence-corrected chi connectivity index (χ1v) is 6.63. The molecule has 0 saturated carbocycles. The highest BCUT2D eigenvalue weighted by molar-refractivity contribution is 5.82. The Labute approximate surface area is 109 Å². The summed E-state index contributed by atoms with van der Waals surface area (Å²) in [5, 5.41) is 2.50. The second-order valence-corrected chi connectivity index (χ2v) is 5.65. The van der Waals surface area contributed by atoms with Crippen LogP contribution in [0.3, 0.4) is 0 Å². The van der Waals surface area contributed by atoms with Crippen LogP contribution >= 0.6 is 0 Å². The van der Waals surface area contributed by atoms with Gasteiger partial charge in [0.1, 0.15) is 12.1 Å². The van der Waals surface area contributed by atoms with Crippen LogP contribution in [-0.2, 0) is 9.53 Å². The van der Waals surface area contributed by atoms with Crippen LogP contribution in [0, 0.1) is 0 Å². The molecule has 0 unspecified atom stereocenters. The zero-order chi connectivity index (χ0) is 13.6. The van der Waals surface area contributed by atoms with Crippen LogP contribution in [0.4, 0.5) is 4.79 Å². The lowest BCUT2D eigenvalue weighted by Crippen LogP contribution is -2.42. The fourth-order valence-corrected chi connectivity index (χ4v) is 1.89. The first-order chi connectivity index (χ1) is 8.38. The van der Waals surface area contributed by atoms with E-state index >= 15 is 0 Å². The minimum absolute atomic E-state index is 0.0227. The molecular weight excluding hydrogens is 232 g/mol. The number of hydrogen-bond donors (Lipinski definition) is 1. The SMILES string of the molecule is CC(C)(C)OC(=O)NCC(=O)N1CCCCCC1. The molecule has 0 atom stereocenters. The van der Waals surface area contributed by atoms with Crippen LogP contribution in [-0.4, -0.2) is 42.1 Å². The Morgan fingerprint density at radius 2 is 1.67 bits per heavy atom. The Balaban J connectivity index is 2.29. The number of carbonyl (C=O) groups excluding carboxylic acids is 2. The summed E-state index contributed by atoms with van der Waals surface area (Å²) in [7, 11) is 0. The number of alkyl carbamates (subject to hydrolysis) is 1. The van der Waals surface area contributed by atoms with E-state index in [1.165, 1.54) is 12.8 Å². The van der Waals surface area contributed by atoms with Crippen molar-refractivity contribution in [2.24, 2.45) is 0 Å². The highest BCUT2D eigenvalue weighted by Gasteiger charge is 2.19. The van der Waals surface area contributed by atoms with E-state index in [-0.39, 0.29) is 12.5 Å². The number of likely N-dealkylation sites (tertiary alicyclic amines) is 1. The minimum Gasteiger partial charge on any atom is -0.444 e. The zero-order valence-corrected chi connectivity index (χ0v) is 11.6. The van der Waals surface area contributed by atoms with E-state index in [4.69, 9.17) is 4.74 Å². The largest absolute Gasteiger partial charge is 0.444 e. The molecule has 1 heterocycles. The molecule has 0 radical (unpaired) electrons. The molecular formula is C13H24N2O3. The number of nitrogens with zero attached hydrogens (tertiary/aromatic N) is 1. The van der Waals surface area contributed by atoms with Crippen molar-refractivity contribution in [3.05, 3.63) is 0 Å². The molecule has 0 aromatic carbocycles. The smallest absolute Gasteiger partial charge is 0.408 e. The Morgan fingerprint density at radius 1 is 1.11 bits per heavy atom. The summed E-state index contributed by atoms with van der Waals surface area (Å²) in [5.74, 6) is -0.0252. The van der Waals surface area contributed by atoms with Crippen LogP contribution in [0.5, 0.6) is 0 Å². The molecule has 5 heteroatoms. The van der Waals surface area contributed by atoms with Crippen molar-refractivity contribution in [3.8, 4) is 0 Å². The van der Waals surface area contributed by atoms with Crippen LogP contribution < -0.4 is 5.32 Å². The van der Waals surface area contributed by atoms with Crippen molar-refractivity contribution in [3.63, 3.8) is 0 Å². The maximum absolute atomic E-state index is 11.9. The molecule has 18 heavy (non-hydrogen) atoms. The Bertz CT molecular complexity index is 289. The maximum atomic E-state index is 11.9. The summed E-state index contributed by atoms with van der Waals surface area (Å²) in [6, 6.07) is 0. The predicted octanol–water partition coefficient (Wildman–Crippen LogP) is 1.91. The van der Waals surface area contributed by atoms with Gasteiger partial charge in [0.2, 0.25) is 5.91 Å². The molecule has 5 nitrogen and oxygen atoms in total. The fourth-order valence-electron chi connectivity index (χ4n) is 1.89. The molecule has 0 bridgehead atoms. The Morgan fingerprint density at radius 3 is 2.17 bits per heavy atom. The molecule has 1 saturated heterocycles. The standard InChI is InChI=1S/C13H24N2O3/c1-13(2,3)18-12(17)14-10-11(16)15-8-6-4-5-7-9-15/h4-10H2,1-3H3,(H,14,17). The topological polar surface area (TPSA) is 58.6 Å². The van der Waals surface area contributed by atoms with Crippen molar-refractivity contribution in [2.75, 3.05) is 19.6 Å². The van der Waals surface area contributed by atoms with Crippen molar-refractivity contribution < 1.29 is 14.3 Å². The van der Waals surface area contributed by atoms with Crippen molar-refractivity contribution in [1.29, 1.82) is 0 Å². The summed E-state index contributed by atoms with van der Waals surface area (Å²) >= 11 is 0. The highest BCUT2D eigenvalue weighted by atomic mass is 16.6. The molecule has 1 N–H and O–H groups in total. The predicted molar refractivity (Wildman–Crippen MR) is 69.3 cm³/mol. The van der Waals surface area contributed by atoms with Gasteiger partial charge in [0.05, 0.1) is 0 Å². The maximum Gasteiger partial charge on any atom is 0.408 e. The third-order valence-corrected chi connectivity index (χ3v) is 2.74. The average Bonchev–Trinajstić information content (AvgIpc) is 2.52. The lowest BCUT2D eigenvalue weighted by Gasteiger charge is -2.22. The molecule has 1 aliphatic heterocycles. The number of ether oxygens (including phenoxy) is 1. The van der Waals surface area contributed by atoms with Crippen LogP contribution in [0.25, 0.3) is 0 Å². The van der Waals surface area contributed by atoms with E-state index in [0.29, 0.717) is 0 Å². The second kappa shape index (κ2) is 6.61. The molecule has 2 amide bonds. The van der Waals surface area contributed by atoms with Gasteiger partial charge in [-0.15, -0.1) is 0 Å². The highest BCUT2D eigenvalue weighted by Crippen LogP contribution is 2.09. The molecule has 1 aliphatic rings. The van der Waals surface area contributed by atoms with Gasteiger partial charge in [0.15, 0.2) is 0 Å². The van der Waals surface area contributed by atoms with Crippen molar-refractivity contribution >= 4 is 12.0 Å². The number of amides is 2. The lowest BCUT2D eigenvalue weighted by molar-refractivity contribution is -0.130. The monoisotopic (exact) mass is 256 g/mol. The summed E-state index contributed by atoms with van der Waals surface area (Å²) in [4.78, 5) is 25.1. The van der Waals surface area contributed by atoms with Gasteiger partial charge < -0.3 is 15.0 Å². The van der Waals surface area contributed by atoms with E-state index in [1.54, 1.807) is 20.8 Å². The van der Waals surface area contributed by atoms with Gasteiger partial charge in [-0.1, -0.05) is 12.8 Å². The van der Waals surface area contributed by atoms with E-state index in [2.05, 4.69) is 5.32 Å². The number of rotatable bonds is 2. The fraction of sp³-hybridized carbons (Fsp3) is 0.846. The molecule has 0 aromatic rings. The molecule has 0 aromatic heterocycles. The van der Waals surface area contributed by atoms with Crippen LogP contribution in [0.1, 0.15) is 46.5 Å². The van der Waals surface area contributed by atoms with E-state index in [9.17, 15) is 9.59 Å². The first-order valence-electron chi connectivity index (χ1n) is 6.63. The summed E-state index contributed by atoms with van der Waals surface area (Å²) in [6.07, 6.45) is 3.94. The lowest BCUT2D eigenvalue weighted by atomic mass is 10.2. The second-order valence-electron chi connectivity index (χ2n) is 5.65. The Kier molecular flexibility index (Phi) is 5.44. The molecule has 1 fully saturated rings. The molecule has 1 rings (SSSR count). The van der Waals surface area contributed by atoms with E-state index in [1.807, 2.05) is 4.90 Å². The summed E-state index contributed by atoms with van der Waals surface area (Å²) < 4.78 is 5.08. The average molecular weight is 256 g/mol.